The molecule has 0 fully saturated rings. The second-order valence-corrected chi connectivity index (χ2v) is 7.19. The SMILES string of the molecule is COCCNC(=O)[C@@H]1c2cc(OC)c(OC)cc2C(=O)N(C)[C@@H]1c1ccc(OC)cc1. The largest absolute Gasteiger partial charge is 0.497 e. The van der Waals surface area contributed by atoms with Gasteiger partial charge in [-0.05, 0) is 35.4 Å². The van der Waals surface area contributed by atoms with Crippen molar-refractivity contribution < 1.29 is 28.5 Å². The average molecular weight is 428 g/mol. The van der Waals surface area contributed by atoms with E-state index in [1.807, 2.05) is 24.3 Å². The Balaban J connectivity index is 2.15. The number of likely N-dealkylation sites (N-methyl/N-ethyl adjacent to an activating group) is 1. The normalized spacial score (nSPS) is 17.7. The van der Waals surface area contributed by atoms with Crippen LogP contribution in [0, 0.1) is 0 Å². The molecular weight excluding hydrogens is 400 g/mol. The molecule has 1 N–H and O–H groups in total. The van der Waals surface area contributed by atoms with Crippen molar-refractivity contribution in [1.29, 1.82) is 0 Å². The third-order valence-electron chi connectivity index (χ3n) is 5.52. The van der Waals surface area contributed by atoms with Gasteiger partial charge in [0.15, 0.2) is 11.5 Å². The Morgan fingerprint density at radius 1 is 1.00 bits per heavy atom. The van der Waals surface area contributed by atoms with Crippen molar-refractivity contribution in [3.63, 3.8) is 0 Å². The molecule has 0 radical (unpaired) electrons. The van der Waals surface area contributed by atoms with Crippen LogP contribution in [0.25, 0.3) is 0 Å². The molecule has 2 aromatic carbocycles. The summed E-state index contributed by atoms with van der Waals surface area (Å²) in [7, 11) is 7.90. The number of benzene rings is 2. The van der Waals surface area contributed by atoms with Crippen molar-refractivity contribution in [3.05, 3.63) is 53.1 Å². The van der Waals surface area contributed by atoms with Crippen molar-refractivity contribution >= 4 is 11.8 Å². The number of amides is 2. The van der Waals surface area contributed by atoms with Crippen molar-refractivity contribution in [2.75, 3.05) is 48.6 Å². The fraction of sp³-hybridized carbons (Fsp3) is 0.391. The van der Waals surface area contributed by atoms with E-state index in [9.17, 15) is 9.59 Å². The Morgan fingerprint density at radius 2 is 1.65 bits per heavy atom. The van der Waals surface area contributed by atoms with Gasteiger partial charge in [-0.2, -0.15) is 0 Å². The van der Waals surface area contributed by atoms with Crippen LogP contribution in [0.4, 0.5) is 0 Å². The highest BCUT2D eigenvalue weighted by Crippen LogP contribution is 2.45. The fourth-order valence-electron chi connectivity index (χ4n) is 3.94. The van der Waals surface area contributed by atoms with Crippen molar-refractivity contribution in [2.45, 2.75) is 12.0 Å². The summed E-state index contributed by atoms with van der Waals surface area (Å²) < 4.78 is 21.1. The third-order valence-corrected chi connectivity index (χ3v) is 5.52. The summed E-state index contributed by atoms with van der Waals surface area (Å²) in [5, 5.41) is 2.92. The molecule has 0 unspecified atom stereocenters. The number of ether oxygens (including phenoxy) is 4. The Hall–Kier alpha value is -3.26. The summed E-state index contributed by atoms with van der Waals surface area (Å²) in [6.07, 6.45) is 0. The van der Waals surface area contributed by atoms with Crippen LogP contribution in [0.3, 0.4) is 0 Å². The molecule has 0 spiro atoms. The molecule has 2 atom stereocenters. The van der Waals surface area contributed by atoms with Crippen LogP contribution in [-0.2, 0) is 9.53 Å². The van der Waals surface area contributed by atoms with Crippen molar-refractivity contribution in [3.8, 4) is 17.2 Å². The van der Waals surface area contributed by atoms with Gasteiger partial charge in [-0.15, -0.1) is 0 Å². The second kappa shape index (κ2) is 9.70. The molecular formula is C23H28N2O6. The third kappa shape index (κ3) is 4.29. The lowest BCUT2D eigenvalue weighted by molar-refractivity contribution is -0.124. The Labute approximate surface area is 182 Å². The van der Waals surface area contributed by atoms with Crippen LogP contribution in [0.1, 0.15) is 33.4 Å². The minimum atomic E-state index is -0.650. The van der Waals surface area contributed by atoms with E-state index in [0.717, 1.165) is 5.56 Å². The van der Waals surface area contributed by atoms with Gasteiger partial charge in [-0.3, -0.25) is 9.59 Å². The van der Waals surface area contributed by atoms with E-state index < -0.39 is 12.0 Å². The van der Waals surface area contributed by atoms with Gasteiger partial charge in [0, 0.05) is 26.3 Å². The molecule has 31 heavy (non-hydrogen) atoms. The molecule has 0 aliphatic carbocycles. The second-order valence-electron chi connectivity index (χ2n) is 7.19. The molecule has 2 aromatic rings. The minimum absolute atomic E-state index is 0.197. The van der Waals surface area contributed by atoms with E-state index in [1.165, 1.54) is 14.2 Å². The minimum Gasteiger partial charge on any atom is -0.497 e. The predicted molar refractivity (Wildman–Crippen MR) is 115 cm³/mol. The molecule has 0 saturated carbocycles. The van der Waals surface area contributed by atoms with Gasteiger partial charge in [0.05, 0.1) is 39.9 Å². The Bertz CT molecular complexity index is 944. The zero-order valence-corrected chi connectivity index (χ0v) is 18.4. The van der Waals surface area contributed by atoms with E-state index in [2.05, 4.69) is 5.32 Å². The molecule has 8 nitrogen and oxygen atoms in total. The lowest BCUT2D eigenvalue weighted by Gasteiger charge is -2.40. The van der Waals surface area contributed by atoms with Gasteiger partial charge in [0.2, 0.25) is 5.91 Å². The standard InChI is InChI=1S/C23H28N2O6/c1-25-21(14-6-8-15(29-3)9-7-14)20(22(26)24-10-11-28-2)16-12-18(30-4)19(31-5)13-17(16)23(25)27/h6-9,12-13,20-21H,10-11H2,1-5H3,(H,24,26)/t20-,21-/m1/s1. The molecule has 0 bridgehead atoms. The lowest BCUT2D eigenvalue weighted by atomic mass is 9.79. The molecule has 1 heterocycles. The number of carbonyl (C=O) groups is 2. The molecule has 8 heteroatoms. The van der Waals surface area contributed by atoms with E-state index in [-0.39, 0.29) is 11.8 Å². The number of rotatable bonds is 8. The van der Waals surface area contributed by atoms with E-state index in [1.54, 1.807) is 38.3 Å². The van der Waals surface area contributed by atoms with E-state index in [0.29, 0.717) is 41.5 Å². The molecule has 1 aliphatic heterocycles. The zero-order valence-electron chi connectivity index (χ0n) is 18.4. The van der Waals surface area contributed by atoms with E-state index in [4.69, 9.17) is 18.9 Å². The first-order valence-corrected chi connectivity index (χ1v) is 9.90. The highest BCUT2D eigenvalue weighted by molar-refractivity contribution is 6.02. The molecule has 1 aliphatic rings. The van der Waals surface area contributed by atoms with Gasteiger partial charge in [-0.25, -0.2) is 0 Å². The maximum atomic E-state index is 13.3. The number of methoxy groups -OCH3 is 4. The van der Waals surface area contributed by atoms with E-state index >= 15 is 0 Å². The number of nitrogens with zero attached hydrogens (tertiary/aromatic N) is 1. The summed E-state index contributed by atoms with van der Waals surface area (Å²) in [6.45, 7) is 0.751. The number of fused-ring (bicyclic) bond motifs is 1. The molecule has 0 saturated heterocycles. The maximum Gasteiger partial charge on any atom is 0.254 e. The predicted octanol–water partition coefficient (Wildman–Crippen LogP) is 2.39. The number of nitrogens with one attached hydrogen (secondary N) is 1. The zero-order chi connectivity index (χ0) is 22.5. The monoisotopic (exact) mass is 428 g/mol. The quantitative estimate of drug-likeness (QED) is 0.650. The van der Waals surface area contributed by atoms with Crippen LogP contribution >= 0.6 is 0 Å². The Kier molecular flexibility index (Phi) is 7.02. The summed E-state index contributed by atoms with van der Waals surface area (Å²) in [6, 6.07) is 10.2. The van der Waals surface area contributed by atoms with Crippen molar-refractivity contribution in [2.24, 2.45) is 0 Å². The summed E-state index contributed by atoms with van der Waals surface area (Å²) in [4.78, 5) is 28.2. The van der Waals surface area contributed by atoms with Gasteiger partial charge in [0.25, 0.3) is 5.91 Å². The average Bonchev–Trinajstić information content (AvgIpc) is 2.80. The van der Waals surface area contributed by atoms with Crippen molar-refractivity contribution in [1.82, 2.24) is 10.2 Å². The summed E-state index contributed by atoms with van der Waals surface area (Å²) in [5.74, 6) is 0.541. The number of carbonyl (C=O) groups excluding carboxylic acids is 2. The van der Waals surface area contributed by atoms with Crippen LogP contribution in [0.5, 0.6) is 17.2 Å². The fourth-order valence-corrected chi connectivity index (χ4v) is 3.94. The van der Waals surface area contributed by atoms with Gasteiger partial charge >= 0.3 is 0 Å². The first-order valence-electron chi connectivity index (χ1n) is 9.90. The first kappa shape index (κ1) is 22.4. The molecule has 2 amide bonds. The number of hydrogen-bond acceptors (Lipinski definition) is 6. The maximum absolute atomic E-state index is 13.3. The van der Waals surface area contributed by atoms with Crippen LogP contribution < -0.4 is 19.5 Å². The Morgan fingerprint density at radius 3 is 2.23 bits per heavy atom. The van der Waals surface area contributed by atoms with Gasteiger partial charge in [0.1, 0.15) is 5.75 Å². The summed E-state index contributed by atoms with van der Waals surface area (Å²) >= 11 is 0. The highest BCUT2D eigenvalue weighted by Gasteiger charge is 2.43. The van der Waals surface area contributed by atoms with Crippen LogP contribution in [0.2, 0.25) is 0 Å². The number of hydrogen-bond donors (Lipinski definition) is 1. The van der Waals surface area contributed by atoms with Crippen LogP contribution in [0.15, 0.2) is 36.4 Å². The molecule has 3 rings (SSSR count). The van der Waals surface area contributed by atoms with Gasteiger partial charge in [-0.1, -0.05) is 12.1 Å². The summed E-state index contributed by atoms with van der Waals surface area (Å²) in [5.41, 5.74) is 1.83. The van der Waals surface area contributed by atoms with Gasteiger partial charge < -0.3 is 29.2 Å². The van der Waals surface area contributed by atoms with Crippen LogP contribution in [-0.4, -0.2) is 65.4 Å². The smallest absolute Gasteiger partial charge is 0.254 e. The highest BCUT2D eigenvalue weighted by atomic mass is 16.5. The molecule has 0 aromatic heterocycles. The molecule has 166 valence electrons. The topological polar surface area (TPSA) is 86.3 Å². The first-order chi connectivity index (χ1) is 15.0. The lowest BCUT2D eigenvalue weighted by Crippen LogP contribution is -2.46.